The molecule has 6 rings (SSSR count). The molecule has 0 saturated heterocycles. The van der Waals surface area contributed by atoms with Gasteiger partial charge < -0.3 is 29.8 Å². The molecule has 0 spiro atoms. The van der Waals surface area contributed by atoms with E-state index in [1.807, 2.05) is 33.7 Å². The van der Waals surface area contributed by atoms with E-state index >= 15 is 0 Å². The summed E-state index contributed by atoms with van der Waals surface area (Å²) in [5.74, 6) is 2.15. The van der Waals surface area contributed by atoms with Gasteiger partial charge in [-0.15, -0.1) is 0 Å². The molecule has 2 heterocycles. The number of quaternary nitrogens is 2. The Morgan fingerprint density at radius 3 is 1.52 bits per heavy atom. The highest BCUT2D eigenvalue weighted by atomic mass is 33.1. The quantitative estimate of drug-likeness (QED) is 0.0230. The van der Waals surface area contributed by atoms with Crippen LogP contribution >= 0.6 is 21.6 Å². The van der Waals surface area contributed by atoms with Crippen LogP contribution in [0.15, 0.2) is 109 Å². The Morgan fingerprint density at radius 2 is 1.04 bits per heavy atom. The van der Waals surface area contributed by atoms with Gasteiger partial charge in [-0.2, -0.15) is 9.13 Å². The number of rotatable bonds is 25. The summed E-state index contributed by atoms with van der Waals surface area (Å²) >= 11 is 0. The Bertz CT molecular complexity index is 2730. The molecule has 0 bridgehead atoms. The number of benzene rings is 4. The smallest absolute Gasteiger partial charge is 0.221 e. The minimum atomic E-state index is -0.0691. The van der Waals surface area contributed by atoms with Crippen LogP contribution in [0.1, 0.15) is 62.0 Å². The molecule has 0 fully saturated rings. The maximum Gasteiger partial charge on any atom is 0.221 e. The van der Waals surface area contributed by atoms with E-state index in [1.54, 1.807) is 18.7 Å². The molecule has 0 aliphatic heterocycles. The largest absolute Gasteiger partial charge is 0.377 e. The molecule has 0 saturated carbocycles. The third kappa shape index (κ3) is 15.9. The average Bonchev–Trinajstić information content (AvgIpc) is 3.31. The van der Waals surface area contributed by atoms with Crippen LogP contribution in [0, 0.1) is 0 Å². The van der Waals surface area contributed by atoms with Crippen molar-refractivity contribution in [3.05, 3.63) is 132 Å². The lowest BCUT2D eigenvalue weighted by Gasteiger charge is -2.29. The summed E-state index contributed by atoms with van der Waals surface area (Å²) in [7, 11) is 19.4. The Kier molecular flexibility index (Phi) is 19.7. The van der Waals surface area contributed by atoms with Crippen LogP contribution in [-0.4, -0.2) is 103 Å². The van der Waals surface area contributed by atoms with Crippen molar-refractivity contribution >= 4 is 102 Å². The number of hydrogen-bond acceptors (Lipinski definition) is 6. The van der Waals surface area contributed by atoms with Crippen LogP contribution in [-0.2, 0) is 22.7 Å². The van der Waals surface area contributed by atoms with E-state index < -0.39 is 0 Å². The number of nitrogens with one attached hydrogen (secondary N) is 3. The first-order chi connectivity index (χ1) is 33.2. The molecule has 12 heteroatoms. The number of nitrogens with zero attached hydrogens (tertiary/aromatic N) is 5. The van der Waals surface area contributed by atoms with E-state index in [0.29, 0.717) is 0 Å². The fraction of sp³-hybridized carbons (Fsp3) is 0.368. The summed E-state index contributed by atoms with van der Waals surface area (Å²) in [4.78, 5) is 29.7. The first-order valence-electron chi connectivity index (χ1n) is 24.4. The molecule has 1 unspecified atom stereocenters. The molecule has 2 amide bonds. The molecule has 3 N–H and O–H groups in total. The van der Waals surface area contributed by atoms with Crippen molar-refractivity contribution in [2.75, 3.05) is 107 Å². The number of pyridine rings is 2. The molecule has 69 heavy (non-hydrogen) atoms. The lowest BCUT2D eigenvalue weighted by Crippen LogP contribution is -3.09. The zero-order chi connectivity index (χ0) is 49.3. The maximum absolute atomic E-state index is 11.9. The highest BCUT2D eigenvalue weighted by molar-refractivity contribution is 8.76. The van der Waals surface area contributed by atoms with Crippen molar-refractivity contribution in [2.24, 2.45) is 0 Å². The zero-order valence-corrected chi connectivity index (χ0v) is 44.2. The first-order valence-corrected chi connectivity index (χ1v) is 26.9. The van der Waals surface area contributed by atoms with Crippen molar-refractivity contribution in [2.45, 2.75) is 52.6 Å². The van der Waals surface area contributed by atoms with Gasteiger partial charge in [-0.25, -0.2) is 0 Å². The number of carbonyl (C=O) groups excluding carboxylic acids is 2. The third-order valence-electron chi connectivity index (χ3n) is 12.6. The average molecular weight is 969 g/mol. The molecule has 0 aliphatic carbocycles. The Balaban J connectivity index is 0.912. The second-order valence-electron chi connectivity index (χ2n) is 19.2. The van der Waals surface area contributed by atoms with Crippen molar-refractivity contribution in [3.8, 4) is 0 Å². The second kappa shape index (κ2) is 25.8. The molecule has 364 valence electrons. The summed E-state index contributed by atoms with van der Waals surface area (Å²) < 4.78 is 5.62. The normalized spacial score (nSPS) is 12.3. The minimum Gasteiger partial charge on any atom is -0.377 e. The molecule has 10 nitrogen and oxygen atoms in total. The van der Waals surface area contributed by atoms with Crippen molar-refractivity contribution < 1.29 is 28.1 Å². The standard InChI is InChI=1S/C57H73N8O2S2/c1-44(66)58-48-30-35-63(50(42-48)26-22-46-24-28-56(60(3)4)54-20-12-10-18-52(46)54)33-15-14-32-62(7)37-40-68-69-41-39-65(8,9)38-17-16-34-64-36-31-49(59-45(2)67)43-51(64)27-23-47-25-29-57(61(5)6)55-21-13-11-19-53(47)55/h10-13,18-31,35-36,42-43H,14-17,32-34,37-41H2,1-9H3/q+1/p+3/b26-22+,27-23+. The lowest BCUT2D eigenvalue weighted by molar-refractivity contribution is -0.888. The fourth-order valence-electron chi connectivity index (χ4n) is 8.77. The number of anilines is 4. The van der Waals surface area contributed by atoms with Gasteiger partial charge in [0, 0.05) is 126 Å². The lowest BCUT2D eigenvalue weighted by atomic mass is 10.0. The summed E-state index contributed by atoms with van der Waals surface area (Å²) in [5, 5.41) is 10.8. The van der Waals surface area contributed by atoms with E-state index in [2.05, 4.69) is 201 Å². The molecule has 1 atom stereocenters. The van der Waals surface area contributed by atoms with E-state index in [1.165, 1.54) is 44.0 Å². The number of amides is 2. The molecule has 4 aromatic carbocycles. The van der Waals surface area contributed by atoms with E-state index in [-0.39, 0.29) is 11.8 Å². The predicted molar refractivity (Wildman–Crippen MR) is 298 cm³/mol. The van der Waals surface area contributed by atoms with E-state index in [4.69, 9.17) is 0 Å². The molecule has 6 aromatic rings. The van der Waals surface area contributed by atoms with E-state index in [9.17, 15) is 9.59 Å². The second-order valence-corrected chi connectivity index (χ2v) is 21.9. The fourth-order valence-corrected chi connectivity index (χ4v) is 11.2. The molecule has 0 aliphatic rings. The highest BCUT2D eigenvalue weighted by Crippen LogP contribution is 2.31. The van der Waals surface area contributed by atoms with Crippen LogP contribution in [0.2, 0.25) is 0 Å². The monoisotopic (exact) mass is 969 g/mol. The number of fused-ring (bicyclic) bond motifs is 2. The van der Waals surface area contributed by atoms with Gasteiger partial charge in [0.1, 0.15) is 13.1 Å². The van der Waals surface area contributed by atoms with Crippen LogP contribution < -0.4 is 34.5 Å². The summed E-state index contributed by atoms with van der Waals surface area (Å²) in [6.07, 6.45) is 17.4. The van der Waals surface area contributed by atoms with Crippen molar-refractivity contribution in [1.82, 2.24) is 0 Å². The van der Waals surface area contributed by atoms with Crippen molar-refractivity contribution in [1.29, 1.82) is 0 Å². The van der Waals surface area contributed by atoms with Crippen LogP contribution in [0.5, 0.6) is 0 Å². The molecule has 0 radical (unpaired) electrons. The number of unbranched alkanes of at least 4 members (excludes halogenated alkanes) is 2. The third-order valence-corrected chi connectivity index (χ3v) is 15.0. The topological polar surface area (TPSA) is 76.9 Å². The maximum atomic E-state index is 11.9. The Hall–Kier alpha value is -5.66. The van der Waals surface area contributed by atoms with Gasteiger partial charge in [0.2, 0.25) is 23.2 Å². The number of carbonyl (C=O) groups is 2. The number of hydrogen-bond donors (Lipinski definition) is 3. The first kappa shape index (κ1) is 52.7. The van der Waals surface area contributed by atoms with Gasteiger partial charge in [-0.05, 0) is 46.2 Å². The van der Waals surface area contributed by atoms with Gasteiger partial charge in [0.25, 0.3) is 0 Å². The summed E-state index contributed by atoms with van der Waals surface area (Å²) in [5.41, 5.74) is 8.49. The molecular formula is C57H76N8O2S2+4. The minimum absolute atomic E-state index is 0.0685. The van der Waals surface area contributed by atoms with Crippen LogP contribution in [0.3, 0.4) is 0 Å². The van der Waals surface area contributed by atoms with E-state index in [0.717, 1.165) is 104 Å². The molecular weight excluding hydrogens is 893 g/mol. The molecule has 2 aromatic heterocycles. The van der Waals surface area contributed by atoms with Gasteiger partial charge >= 0.3 is 0 Å². The summed E-state index contributed by atoms with van der Waals surface area (Å²) in [6, 6.07) is 34.0. The predicted octanol–water partition coefficient (Wildman–Crippen LogP) is 9.19. The van der Waals surface area contributed by atoms with Gasteiger partial charge in [-0.3, -0.25) is 9.59 Å². The summed E-state index contributed by atoms with van der Waals surface area (Å²) in [6.45, 7) is 9.52. The zero-order valence-electron chi connectivity index (χ0n) is 42.6. The Morgan fingerprint density at radius 1 is 0.580 bits per heavy atom. The SMILES string of the molecule is CC(=O)Nc1cc[n+](CCCC[NH+](C)CCSSCC[N+](C)(C)CCCC[n+]2ccc(NC(C)=O)cc2/C=C/c2ccc(N(C)C)c3ccccc23)c(/C=C/c2ccc(N(C)C)c3ccccc23)c1. The van der Waals surface area contributed by atoms with Crippen LogP contribution in [0.4, 0.5) is 22.7 Å². The Labute approximate surface area is 420 Å². The van der Waals surface area contributed by atoms with Crippen molar-refractivity contribution in [3.63, 3.8) is 0 Å². The highest BCUT2D eigenvalue weighted by Gasteiger charge is 2.18. The van der Waals surface area contributed by atoms with Gasteiger partial charge in [-0.1, -0.05) is 82.3 Å². The van der Waals surface area contributed by atoms with Crippen LogP contribution in [0.25, 0.3) is 45.8 Å². The van der Waals surface area contributed by atoms with Gasteiger partial charge in [0.15, 0.2) is 12.4 Å². The number of aromatic nitrogens is 2. The number of aryl methyl sites for hydroxylation is 2. The van der Waals surface area contributed by atoms with Gasteiger partial charge in [0.05, 0.1) is 70.2 Å².